The van der Waals surface area contributed by atoms with Gasteiger partial charge in [0.25, 0.3) is 0 Å². The SMILES string of the molecule is Cc1ccc(-n2nc(C3CCNCC3)cc2N2CC(C(=O)O)=C3N=CC=CN32)nc1. The summed E-state index contributed by atoms with van der Waals surface area (Å²) in [6.07, 6.45) is 9.08. The molecule has 0 aliphatic carbocycles. The van der Waals surface area contributed by atoms with Crippen molar-refractivity contribution < 1.29 is 9.90 Å². The number of carboxylic acids is 1. The van der Waals surface area contributed by atoms with Gasteiger partial charge in [0.05, 0.1) is 12.2 Å². The molecule has 0 unspecified atom stereocenters. The standard InChI is InChI=1S/C21H23N7O2/c1-14-3-4-18(24-12-14)28-19(11-17(25-28)15-5-8-22-9-6-15)27-13-16(21(29)30)20-23-7-2-10-26(20)27/h2-4,7,10-12,15,22H,5-6,8-9,13H2,1H3,(H,29,30). The zero-order chi connectivity index (χ0) is 20.7. The minimum atomic E-state index is -0.969. The van der Waals surface area contributed by atoms with Crippen LogP contribution in [0.5, 0.6) is 0 Å². The fourth-order valence-corrected chi connectivity index (χ4v) is 4.07. The summed E-state index contributed by atoms with van der Waals surface area (Å²) in [5, 5.41) is 21.7. The van der Waals surface area contributed by atoms with E-state index in [2.05, 4.69) is 21.4 Å². The second-order valence-corrected chi connectivity index (χ2v) is 7.69. The summed E-state index contributed by atoms with van der Waals surface area (Å²) in [4.78, 5) is 20.7. The maximum absolute atomic E-state index is 11.8. The Hall–Kier alpha value is -3.46. The lowest BCUT2D eigenvalue weighted by molar-refractivity contribution is -0.132. The molecule has 3 aliphatic heterocycles. The van der Waals surface area contributed by atoms with Gasteiger partial charge in [-0.25, -0.2) is 19.8 Å². The van der Waals surface area contributed by atoms with Crippen LogP contribution in [-0.2, 0) is 4.79 Å². The number of nitrogens with one attached hydrogen (secondary N) is 1. The van der Waals surface area contributed by atoms with Crippen LogP contribution in [0.4, 0.5) is 5.82 Å². The monoisotopic (exact) mass is 405 g/mol. The van der Waals surface area contributed by atoms with Gasteiger partial charge in [-0.05, 0) is 50.6 Å². The van der Waals surface area contributed by atoms with E-state index < -0.39 is 5.97 Å². The molecule has 0 saturated carbocycles. The minimum absolute atomic E-state index is 0.204. The summed E-state index contributed by atoms with van der Waals surface area (Å²) < 4.78 is 1.81. The van der Waals surface area contributed by atoms with Crippen molar-refractivity contribution in [1.82, 2.24) is 25.1 Å². The zero-order valence-electron chi connectivity index (χ0n) is 16.7. The summed E-state index contributed by atoms with van der Waals surface area (Å²) in [5.41, 5.74) is 2.32. The molecule has 1 saturated heterocycles. The van der Waals surface area contributed by atoms with Crippen molar-refractivity contribution in [1.29, 1.82) is 0 Å². The summed E-state index contributed by atoms with van der Waals surface area (Å²) in [5.74, 6) is 1.29. The average molecular weight is 405 g/mol. The lowest BCUT2D eigenvalue weighted by atomic mass is 9.95. The summed E-state index contributed by atoms with van der Waals surface area (Å²) in [6, 6.07) is 6.00. The van der Waals surface area contributed by atoms with E-state index in [1.54, 1.807) is 17.3 Å². The quantitative estimate of drug-likeness (QED) is 0.802. The first kappa shape index (κ1) is 18.6. The van der Waals surface area contributed by atoms with Gasteiger partial charge in [-0.3, -0.25) is 5.01 Å². The molecule has 5 heterocycles. The smallest absolute Gasteiger partial charge is 0.337 e. The Morgan fingerprint density at radius 3 is 2.83 bits per heavy atom. The fourth-order valence-electron chi connectivity index (χ4n) is 4.07. The van der Waals surface area contributed by atoms with Gasteiger partial charge in [0.2, 0.25) is 0 Å². The van der Waals surface area contributed by atoms with E-state index in [0.29, 0.717) is 17.6 Å². The van der Waals surface area contributed by atoms with Crippen molar-refractivity contribution in [2.75, 3.05) is 24.6 Å². The van der Waals surface area contributed by atoms with Crippen molar-refractivity contribution in [3.8, 4) is 5.82 Å². The van der Waals surface area contributed by atoms with Crippen molar-refractivity contribution >= 4 is 18.0 Å². The third-order valence-corrected chi connectivity index (χ3v) is 5.67. The van der Waals surface area contributed by atoms with Crippen LogP contribution >= 0.6 is 0 Å². The van der Waals surface area contributed by atoms with E-state index in [-0.39, 0.29) is 12.1 Å². The van der Waals surface area contributed by atoms with Crippen LogP contribution in [0, 0.1) is 6.92 Å². The van der Waals surface area contributed by atoms with Crippen LogP contribution in [0.2, 0.25) is 0 Å². The normalized spacial score (nSPS) is 19.0. The van der Waals surface area contributed by atoms with Crippen molar-refractivity contribution in [2.45, 2.75) is 25.7 Å². The number of pyridine rings is 1. The molecule has 1 fully saturated rings. The molecular formula is C21H23N7O2. The fraction of sp³-hybridized carbons (Fsp3) is 0.333. The Kier molecular flexibility index (Phi) is 4.59. The number of hydrogen-bond acceptors (Lipinski definition) is 7. The summed E-state index contributed by atoms with van der Waals surface area (Å²) >= 11 is 0. The van der Waals surface area contributed by atoms with Crippen LogP contribution < -0.4 is 10.3 Å². The molecule has 2 N–H and O–H groups in total. The Morgan fingerprint density at radius 1 is 1.27 bits per heavy atom. The maximum atomic E-state index is 11.8. The molecule has 2 aromatic rings. The van der Waals surface area contributed by atoms with Crippen LogP contribution in [0.15, 0.2) is 53.1 Å². The highest BCUT2D eigenvalue weighted by Crippen LogP contribution is 2.35. The number of carbonyl (C=O) groups is 1. The molecule has 5 rings (SSSR count). The number of carboxylic acid groups (broad SMARTS) is 1. The molecule has 9 nitrogen and oxygen atoms in total. The molecule has 3 aliphatic rings. The number of aromatic nitrogens is 3. The van der Waals surface area contributed by atoms with Crippen molar-refractivity contribution in [2.24, 2.45) is 4.99 Å². The lowest BCUT2D eigenvalue weighted by Gasteiger charge is -2.30. The minimum Gasteiger partial charge on any atom is -0.478 e. The number of aryl methyl sites for hydroxylation is 1. The van der Waals surface area contributed by atoms with E-state index in [1.165, 1.54) is 0 Å². The average Bonchev–Trinajstić information content (AvgIpc) is 3.37. The first-order chi connectivity index (χ1) is 14.6. The van der Waals surface area contributed by atoms with Crippen molar-refractivity contribution in [3.05, 3.63) is 59.3 Å². The largest absolute Gasteiger partial charge is 0.478 e. The molecular weight excluding hydrogens is 382 g/mol. The Labute approximate surface area is 174 Å². The summed E-state index contributed by atoms with van der Waals surface area (Å²) in [7, 11) is 0. The van der Waals surface area contributed by atoms with Gasteiger partial charge in [0.1, 0.15) is 5.57 Å². The van der Waals surface area contributed by atoms with E-state index in [0.717, 1.165) is 43.0 Å². The highest BCUT2D eigenvalue weighted by Gasteiger charge is 2.36. The molecule has 0 aromatic carbocycles. The number of anilines is 1. The molecule has 0 spiro atoms. The molecule has 2 aromatic heterocycles. The highest BCUT2D eigenvalue weighted by molar-refractivity contribution is 5.91. The van der Waals surface area contributed by atoms with Gasteiger partial charge < -0.3 is 10.4 Å². The van der Waals surface area contributed by atoms with Gasteiger partial charge in [0.15, 0.2) is 17.5 Å². The lowest BCUT2D eigenvalue weighted by Crippen LogP contribution is -2.35. The van der Waals surface area contributed by atoms with E-state index in [1.807, 2.05) is 41.1 Å². The Morgan fingerprint density at radius 2 is 2.10 bits per heavy atom. The van der Waals surface area contributed by atoms with Gasteiger partial charge in [0, 0.05) is 30.6 Å². The van der Waals surface area contributed by atoms with Crippen LogP contribution in [0.3, 0.4) is 0 Å². The second kappa shape index (κ2) is 7.42. The number of allylic oxidation sites excluding steroid dienone is 1. The number of nitrogens with zero attached hydrogens (tertiary/aromatic N) is 6. The van der Waals surface area contributed by atoms with Crippen molar-refractivity contribution in [3.63, 3.8) is 0 Å². The first-order valence-electron chi connectivity index (χ1n) is 10.1. The number of hydrazine groups is 1. The second-order valence-electron chi connectivity index (χ2n) is 7.69. The van der Waals surface area contributed by atoms with Gasteiger partial charge in [-0.1, -0.05) is 6.07 Å². The number of aliphatic imine (C=N–C) groups is 1. The Bertz CT molecular complexity index is 1060. The molecule has 30 heavy (non-hydrogen) atoms. The third kappa shape index (κ3) is 3.17. The van der Waals surface area contributed by atoms with E-state index in [9.17, 15) is 9.90 Å². The van der Waals surface area contributed by atoms with Crippen LogP contribution in [0.25, 0.3) is 5.82 Å². The zero-order valence-corrected chi connectivity index (χ0v) is 16.7. The molecule has 0 amide bonds. The molecule has 0 radical (unpaired) electrons. The van der Waals surface area contributed by atoms with Gasteiger partial charge >= 0.3 is 5.97 Å². The number of hydrogen-bond donors (Lipinski definition) is 2. The third-order valence-electron chi connectivity index (χ3n) is 5.67. The molecule has 0 bridgehead atoms. The first-order valence-corrected chi connectivity index (χ1v) is 10.1. The topological polar surface area (TPSA) is 98.9 Å². The number of aliphatic carboxylic acids is 1. The predicted octanol–water partition coefficient (Wildman–Crippen LogP) is 1.97. The predicted molar refractivity (Wildman–Crippen MR) is 112 cm³/mol. The van der Waals surface area contributed by atoms with Gasteiger partial charge in [-0.2, -0.15) is 9.78 Å². The number of fused-ring (bicyclic) bond motifs is 1. The van der Waals surface area contributed by atoms with Crippen LogP contribution in [0.1, 0.15) is 30.0 Å². The van der Waals surface area contributed by atoms with Gasteiger partial charge in [-0.15, -0.1) is 0 Å². The molecule has 154 valence electrons. The van der Waals surface area contributed by atoms with E-state index >= 15 is 0 Å². The molecule has 9 heteroatoms. The summed E-state index contributed by atoms with van der Waals surface area (Å²) in [6.45, 7) is 4.14. The Balaban J connectivity index is 1.59. The highest BCUT2D eigenvalue weighted by atomic mass is 16.4. The van der Waals surface area contributed by atoms with E-state index in [4.69, 9.17) is 5.10 Å². The molecule has 0 atom stereocenters. The van der Waals surface area contributed by atoms with Crippen LogP contribution in [-0.4, -0.2) is 56.7 Å². The maximum Gasteiger partial charge on any atom is 0.337 e. The number of piperidine rings is 1. The number of rotatable bonds is 4.